The van der Waals surface area contributed by atoms with Gasteiger partial charge in [-0.05, 0) is 74.7 Å². The Morgan fingerprint density at radius 2 is 1.84 bits per heavy atom. The van der Waals surface area contributed by atoms with E-state index in [1.54, 1.807) is 13.2 Å². The normalized spacial score (nSPS) is 15.2. The van der Waals surface area contributed by atoms with Crippen molar-refractivity contribution in [3.63, 3.8) is 0 Å². The summed E-state index contributed by atoms with van der Waals surface area (Å²) in [5.41, 5.74) is 3.20. The highest BCUT2D eigenvalue weighted by molar-refractivity contribution is 5.93. The van der Waals surface area contributed by atoms with E-state index in [1.165, 1.54) is 6.07 Å². The maximum Gasteiger partial charge on any atom is 0.287 e. The van der Waals surface area contributed by atoms with Crippen molar-refractivity contribution in [2.24, 2.45) is 0 Å². The van der Waals surface area contributed by atoms with Crippen LogP contribution in [0.2, 0.25) is 0 Å². The van der Waals surface area contributed by atoms with Gasteiger partial charge in [0.05, 0.1) is 18.5 Å². The molecule has 1 atom stereocenters. The molecule has 0 unspecified atom stereocenters. The van der Waals surface area contributed by atoms with Gasteiger partial charge in [0, 0.05) is 12.6 Å². The van der Waals surface area contributed by atoms with Crippen LogP contribution < -0.4 is 15.5 Å². The molecule has 31 heavy (non-hydrogen) atoms. The fraction of sp³-hybridized carbons (Fsp3) is 0.360. The van der Waals surface area contributed by atoms with E-state index in [0.717, 1.165) is 48.4 Å². The predicted octanol–water partition coefficient (Wildman–Crippen LogP) is 3.99. The van der Waals surface area contributed by atoms with Crippen molar-refractivity contribution in [1.29, 1.82) is 0 Å². The summed E-state index contributed by atoms with van der Waals surface area (Å²) in [4.78, 5) is 27.9. The number of carbonyl (C=O) groups excluding carboxylic acids is 1. The lowest BCUT2D eigenvalue weighted by atomic mass is 10.0. The highest BCUT2D eigenvalue weighted by atomic mass is 16.5. The summed E-state index contributed by atoms with van der Waals surface area (Å²) >= 11 is 0. The first-order valence-electron chi connectivity index (χ1n) is 10.7. The number of ether oxygens (including phenoxy) is 1. The zero-order valence-electron chi connectivity index (χ0n) is 18.2. The molecule has 0 saturated carbocycles. The van der Waals surface area contributed by atoms with Crippen molar-refractivity contribution in [2.75, 3.05) is 26.7 Å². The van der Waals surface area contributed by atoms with Crippen LogP contribution >= 0.6 is 0 Å². The van der Waals surface area contributed by atoms with Crippen LogP contribution in [0.3, 0.4) is 0 Å². The van der Waals surface area contributed by atoms with Gasteiger partial charge in [-0.1, -0.05) is 18.2 Å². The van der Waals surface area contributed by atoms with E-state index in [4.69, 9.17) is 9.15 Å². The molecule has 0 radical (unpaired) electrons. The number of fused-ring (bicyclic) bond motifs is 1. The predicted molar refractivity (Wildman–Crippen MR) is 121 cm³/mol. The van der Waals surface area contributed by atoms with E-state index in [2.05, 4.69) is 10.2 Å². The van der Waals surface area contributed by atoms with Gasteiger partial charge in [-0.3, -0.25) is 14.5 Å². The molecular weight excluding hydrogens is 392 g/mol. The number of rotatable bonds is 6. The molecule has 1 fully saturated rings. The first-order valence-corrected chi connectivity index (χ1v) is 10.7. The van der Waals surface area contributed by atoms with Crippen LogP contribution in [0.25, 0.3) is 11.0 Å². The van der Waals surface area contributed by atoms with E-state index in [9.17, 15) is 9.59 Å². The number of benzene rings is 2. The van der Waals surface area contributed by atoms with Crippen LogP contribution in [-0.4, -0.2) is 37.6 Å². The van der Waals surface area contributed by atoms with Gasteiger partial charge in [-0.25, -0.2) is 0 Å². The highest BCUT2D eigenvalue weighted by Gasteiger charge is 2.25. The van der Waals surface area contributed by atoms with E-state index < -0.39 is 0 Å². The Bertz CT molecular complexity index is 1140. The molecule has 1 amide bonds. The molecule has 1 aromatic heterocycles. The number of likely N-dealkylation sites (tertiary alicyclic amines) is 1. The molecule has 2 heterocycles. The summed E-state index contributed by atoms with van der Waals surface area (Å²) in [5, 5.41) is 3.50. The molecule has 0 bridgehead atoms. The van der Waals surface area contributed by atoms with Gasteiger partial charge in [0.15, 0.2) is 11.2 Å². The van der Waals surface area contributed by atoms with Gasteiger partial charge >= 0.3 is 0 Å². The van der Waals surface area contributed by atoms with Crippen molar-refractivity contribution in [1.82, 2.24) is 10.2 Å². The van der Waals surface area contributed by atoms with Crippen LogP contribution in [-0.2, 0) is 0 Å². The van der Waals surface area contributed by atoms with Gasteiger partial charge < -0.3 is 14.5 Å². The van der Waals surface area contributed by atoms with Crippen LogP contribution in [0.15, 0.2) is 51.7 Å². The minimum atomic E-state index is -0.379. The highest BCUT2D eigenvalue weighted by Crippen LogP contribution is 2.26. The van der Waals surface area contributed by atoms with E-state index >= 15 is 0 Å². The average molecular weight is 421 g/mol. The third-order valence-electron chi connectivity index (χ3n) is 5.93. The molecule has 2 aromatic carbocycles. The quantitative estimate of drug-likeness (QED) is 0.653. The third kappa shape index (κ3) is 4.49. The largest absolute Gasteiger partial charge is 0.497 e. The Labute approximate surface area is 181 Å². The molecule has 1 N–H and O–H groups in total. The van der Waals surface area contributed by atoms with Crippen LogP contribution in [0.4, 0.5) is 0 Å². The lowest BCUT2D eigenvalue weighted by Gasteiger charge is -2.28. The molecule has 6 nitrogen and oxygen atoms in total. The number of nitrogens with one attached hydrogen (secondary N) is 1. The summed E-state index contributed by atoms with van der Waals surface area (Å²) in [6, 6.07) is 13.0. The SMILES string of the molecule is COc1ccc([C@@H](CNC(=O)c2cc(=O)c3c(C)cc(C)cc3o2)N2CCCC2)cc1. The van der Waals surface area contributed by atoms with Gasteiger partial charge in [-0.15, -0.1) is 0 Å². The Balaban J connectivity index is 1.56. The molecular formula is C25H28N2O4. The smallest absolute Gasteiger partial charge is 0.287 e. The van der Waals surface area contributed by atoms with Crippen molar-refractivity contribution >= 4 is 16.9 Å². The van der Waals surface area contributed by atoms with Gasteiger partial charge in [-0.2, -0.15) is 0 Å². The number of methoxy groups -OCH3 is 1. The Kier molecular flexibility index (Phi) is 6.09. The van der Waals surface area contributed by atoms with Crippen LogP contribution in [0.5, 0.6) is 5.75 Å². The average Bonchev–Trinajstić information content (AvgIpc) is 3.28. The monoisotopic (exact) mass is 420 g/mol. The summed E-state index contributed by atoms with van der Waals surface area (Å²) in [7, 11) is 1.65. The zero-order chi connectivity index (χ0) is 22.0. The lowest BCUT2D eigenvalue weighted by molar-refractivity contribution is 0.0910. The van der Waals surface area contributed by atoms with Crippen molar-refractivity contribution in [3.8, 4) is 5.75 Å². The molecule has 0 spiro atoms. The van der Waals surface area contributed by atoms with Crippen LogP contribution in [0.1, 0.15) is 46.1 Å². The fourth-order valence-electron chi connectivity index (χ4n) is 4.39. The van der Waals surface area contributed by atoms with Gasteiger partial charge in [0.2, 0.25) is 0 Å². The fourth-order valence-corrected chi connectivity index (χ4v) is 4.39. The van der Waals surface area contributed by atoms with E-state index in [1.807, 2.05) is 44.2 Å². The second kappa shape index (κ2) is 8.94. The van der Waals surface area contributed by atoms with E-state index in [-0.39, 0.29) is 23.1 Å². The number of aryl methyl sites for hydroxylation is 2. The molecule has 1 aliphatic heterocycles. The molecule has 4 rings (SSSR count). The molecule has 1 saturated heterocycles. The summed E-state index contributed by atoms with van der Waals surface area (Å²) in [6.45, 7) is 6.24. The first-order chi connectivity index (χ1) is 15.0. The molecule has 1 aliphatic rings. The Morgan fingerprint density at radius 1 is 1.13 bits per heavy atom. The molecule has 162 valence electrons. The minimum Gasteiger partial charge on any atom is -0.497 e. The number of hydrogen-bond donors (Lipinski definition) is 1. The molecule has 3 aromatic rings. The Morgan fingerprint density at radius 3 is 2.52 bits per heavy atom. The minimum absolute atomic E-state index is 0.0393. The van der Waals surface area contributed by atoms with Crippen molar-refractivity contribution < 1.29 is 13.9 Å². The molecule has 0 aliphatic carbocycles. The maximum absolute atomic E-state index is 12.9. The lowest BCUT2D eigenvalue weighted by Crippen LogP contribution is -2.37. The summed E-state index contributed by atoms with van der Waals surface area (Å²) in [6.07, 6.45) is 2.30. The van der Waals surface area contributed by atoms with Crippen molar-refractivity contribution in [2.45, 2.75) is 32.7 Å². The second-order valence-electron chi connectivity index (χ2n) is 8.17. The zero-order valence-corrected chi connectivity index (χ0v) is 18.2. The number of nitrogens with zero attached hydrogens (tertiary/aromatic N) is 1. The second-order valence-corrected chi connectivity index (χ2v) is 8.17. The van der Waals surface area contributed by atoms with Crippen LogP contribution in [0, 0.1) is 13.8 Å². The summed E-state index contributed by atoms with van der Waals surface area (Å²) in [5.74, 6) is 0.463. The molecule has 6 heteroatoms. The van der Waals surface area contributed by atoms with Crippen molar-refractivity contribution in [3.05, 3.63) is 75.1 Å². The standard InChI is InChI=1S/C25H28N2O4/c1-16-12-17(2)24-21(28)14-23(31-22(24)13-16)25(29)26-15-20(27-10-4-5-11-27)18-6-8-19(30-3)9-7-18/h6-9,12-14,20H,4-5,10-11,15H2,1-3H3,(H,26,29)/t20-/m1/s1. The third-order valence-corrected chi connectivity index (χ3v) is 5.93. The van der Waals surface area contributed by atoms with Gasteiger partial charge in [0.25, 0.3) is 5.91 Å². The number of hydrogen-bond acceptors (Lipinski definition) is 5. The summed E-state index contributed by atoms with van der Waals surface area (Å²) < 4.78 is 11.1. The number of carbonyl (C=O) groups is 1. The first kappa shape index (κ1) is 21.1. The number of amides is 1. The topological polar surface area (TPSA) is 71.8 Å². The van der Waals surface area contributed by atoms with Gasteiger partial charge in [0.1, 0.15) is 11.3 Å². The maximum atomic E-state index is 12.9. The van der Waals surface area contributed by atoms with E-state index in [0.29, 0.717) is 17.5 Å². The Hall–Kier alpha value is -3.12.